The van der Waals surface area contributed by atoms with Gasteiger partial charge in [-0.2, -0.15) is 5.10 Å². The number of aromatic hydroxyl groups is 2. The minimum absolute atomic E-state index is 0.114. The zero-order chi connectivity index (χ0) is 16.3. The van der Waals surface area contributed by atoms with E-state index >= 15 is 0 Å². The second-order valence-corrected chi connectivity index (χ2v) is 4.33. The summed E-state index contributed by atoms with van der Waals surface area (Å²) in [5.41, 5.74) is 0.771. The molecule has 0 unspecified atom stereocenters. The number of benzene rings is 1. The number of rotatable bonds is 3. The highest BCUT2D eigenvalue weighted by Gasteiger charge is 2.08. The molecule has 1 aromatic carbocycles. The SMILES string of the molecule is Cn1c(=O)cc(C(=O)N/N=C\c2ccc(O)cc2O)[nH]c1=O. The first-order valence-electron chi connectivity index (χ1n) is 6.04. The highest BCUT2D eigenvalue weighted by Crippen LogP contribution is 2.20. The lowest BCUT2D eigenvalue weighted by atomic mass is 10.2. The van der Waals surface area contributed by atoms with Crippen molar-refractivity contribution in [2.75, 3.05) is 0 Å². The molecule has 0 atom stereocenters. The molecular weight excluding hydrogens is 292 g/mol. The summed E-state index contributed by atoms with van der Waals surface area (Å²) < 4.78 is 0.814. The van der Waals surface area contributed by atoms with Gasteiger partial charge >= 0.3 is 5.69 Å². The van der Waals surface area contributed by atoms with Crippen molar-refractivity contribution >= 4 is 12.1 Å². The molecule has 0 fully saturated rings. The number of amides is 1. The molecule has 0 radical (unpaired) electrons. The number of phenolic OH excluding ortho intramolecular Hbond substituents is 2. The molecule has 0 aliphatic heterocycles. The van der Waals surface area contributed by atoms with Gasteiger partial charge in [-0.25, -0.2) is 10.2 Å². The Morgan fingerprint density at radius 2 is 2.05 bits per heavy atom. The van der Waals surface area contributed by atoms with E-state index in [-0.39, 0.29) is 22.8 Å². The van der Waals surface area contributed by atoms with Crippen LogP contribution in [0.15, 0.2) is 39.0 Å². The minimum atomic E-state index is -0.788. The summed E-state index contributed by atoms with van der Waals surface area (Å²) in [6, 6.07) is 4.80. The second kappa shape index (κ2) is 5.95. The van der Waals surface area contributed by atoms with Crippen LogP contribution < -0.4 is 16.7 Å². The Bertz CT molecular complexity index is 834. The van der Waals surface area contributed by atoms with Crippen molar-refractivity contribution in [1.82, 2.24) is 15.0 Å². The molecule has 0 aliphatic carbocycles. The van der Waals surface area contributed by atoms with Gasteiger partial charge in [0.2, 0.25) is 0 Å². The van der Waals surface area contributed by atoms with Gasteiger partial charge in [-0.3, -0.25) is 14.2 Å². The molecule has 0 saturated carbocycles. The molecule has 0 spiro atoms. The fourth-order valence-corrected chi connectivity index (χ4v) is 1.54. The predicted molar refractivity (Wildman–Crippen MR) is 77.1 cm³/mol. The highest BCUT2D eigenvalue weighted by molar-refractivity contribution is 5.93. The van der Waals surface area contributed by atoms with Crippen molar-refractivity contribution in [3.63, 3.8) is 0 Å². The Hall–Kier alpha value is -3.36. The standard InChI is InChI=1S/C13H12N4O5/c1-17-11(20)5-9(15-13(17)22)12(21)16-14-6-7-2-3-8(18)4-10(7)19/h2-6,18-19H,1H3,(H,15,22)(H,16,21)/b14-6-. The van der Waals surface area contributed by atoms with Gasteiger partial charge in [0.25, 0.3) is 11.5 Å². The lowest BCUT2D eigenvalue weighted by Gasteiger charge is -2.02. The molecule has 0 saturated heterocycles. The molecule has 4 N–H and O–H groups in total. The topological polar surface area (TPSA) is 137 Å². The van der Waals surface area contributed by atoms with Gasteiger partial charge in [0.05, 0.1) is 6.21 Å². The Kier molecular flexibility index (Phi) is 4.07. The summed E-state index contributed by atoms with van der Waals surface area (Å²) >= 11 is 0. The van der Waals surface area contributed by atoms with Crippen LogP contribution in [0.25, 0.3) is 0 Å². The van der Waals surface area contributed by atoms with E-state index in [2.05, 4.69) is 15.5 Å². The summed E-state index contributed by atoms with van der Waals surface area (Å²) in [6.45, 7) is 0. The molecule has 9 nitrogen and oxygen atoms in total. The van der Waals surface area contributed by atoms with Gasteiger partial charge in [-0.1, -0.05) is 0 Å². The van der Waals surface area contributed by atoms with Gasteiger partial charge in [0.1, 0.15) is 17.2 Å². The predicted octanol–water partition coefficient (Wildman–Crippen LogP) is -0.751. The number of nitrogens with zero attached hydrogens (tertiary/aromatic N) is 2. The second-order valence-electron chi connectivity index (χ2n) is 4.33. The number of hydrogen-bond acceptors (Lipinski definition) is 6. The van der Waals surface area contributed by atoms with E-state index in [1.807, 2.05) is 0 Å². The zero-order valence-corrected chi connectivity index (χ0v) is 11.4. The van der Waals surface area contributed by atoms with E-state index < -0.39 is 17.2 Å². The summed E-state index contributed by atoms with van der Waals surface area (Å²) in [5, 5.41) is 22.2. The minimum Gasteiger partial charge on any atom is -0.508 e. The maximum Gasteiger partial charge on any atom is 0.328 e. The molecule has 114 valence electrons. The third kappa shape index (κ3) is 3.20. The van der Waals surface area contributed by atoms with E-state index in [9.17, 15) is 19.5 Å². The maximum absolute atomic E-state index is 11.7. The van der Waals surface area contributed by atoms with E-state index in [1.165, 1.54) is 19.2 Å². The fourth-order valence-electron chi connectivity index (χ4n) is 1.54. The van der Waals surface area contributed by atoms with Gasteiger partial charge in [-0.15, -0.1) is 0 Å². The first kappa shape index (κ1) is 15.0. The molecule has 2 aromatic rings. The summed E-state index contributed by atoms with van der Waals surface area (Å²) in [4.78, 5) is 36.7. The van der Waals surface area contributed by atoms with Crippen LogP contribution in [0, 0.1) is 0 Å². The first-order valence-corrected chi connectivity index (χ1v) is 6.04. The van der Waals surface area contributed by atoms with Gasteiger partial charge in [0, 0.05) is 24.7 Å². The van der Waals surface area contributed by atoms with Crippen molar-refractivity contribution < 1.29 is 15.0 Å². The van der Waals surface area contributed by atoms with Crippen LogP contribution in [0.2, 0.25) is 0 Å². The number of hydrazone groups is 1. The van der Waals surface area contributed by atoms with E-state index in [4.69, 9.17) is 5.11 Å². The Balaban J connectivity index is 2.14. The van der Waals surface area contributed by atoms with E-state index in [1.54, 1.807) is 0 Å². The fraction of sp³-hybridized carbons (Fsp3) is 0.0769. The van der Waals surface area contributed by atoms with Crippen molar-refractivity contribution in [1.29, 1.82) is 0 Å². The summed E-state index contributed by atoms with van der Waals surface area (Å²) in [7, 11) is 1.27. The monoisotopic (exact) mass is 304 g/mol. The molecule has 1 amide bonds. The largest absolute Gasteiger partial charge is 0.508 e. The van der Waals surface area contributed by atoms with Crippen molar-refractivity contribution in [2.24, 2.45) is 12.1 Å². The summed E-state index contributed by atoms with van der Waals surface area (Å²) in [6.07, 6.45) is 1.14. The molecule has 0 aliphatic rings. The Morgan fingerprint density at radius 3 is 2.68 bits per heavy atom. The van der Waals surface area contributed by atoms with Crippen LogP contribution >= 0.6 is 0 Å². The van der Waals surface area contributed by atoms with Gasteiger partial charge in [-0.05, 0) is 12.1 Å². The smallest absolute Gasteiger partial charge is 0.328 e. The number of nitrogens with one attached hydrogen (secondary N) is 2. The van der Waals surface area contributed by atoms with Crippen LogP contribution in [0.1, 0.15) is 16.1 Å². The van der Waals surface area contributed by atoms with Gasteiger partial charge in [0.15, 0.2) is 0 Å². The number of carbonyl (C=O) groups excluding carboxylic acids is 1. The van der Waals surface area contributed by atoms with Crippen molar-refractivity contribution in [2.45, 2.75) is 0 Å². The zero-order valence-electron chi connectivity index (χ0n) is 11.4. The van der Waals surface area contributed by atoms with Crippen molar-refractivity contribution in [3.05, 3.63) is 56.4 Å². The maximum atomic E-state index is 11.7. The lowest BCUT2D eigenvalue weighted by molar-refractivity contribution is 0.0949. The Morgan fingerprint density at radius 1 is 1.32 bits per heavy atom. The number of hydrogen-bond donors (Lipinski definition) is 4. The highest BCUT2D eigenvalue weighted by atomic mass is 16.3. The number of carbonyl (C=O) groups is 1. The molecule has 2 rings (SSSR count). The molecule has 0 bridgehead atoms. The van der Waals surface area contributed by atoms with Gasteiger partial charge < -0.3 is 15.2 Å². The number of aromatic amines is 1. The first-order chi connectivity index (χ1) is 10.4. The average molecular weight is 304 g/mol. The lowest BCUT2D eigenvalue weighted by Crippen LogP contribution is -2.35. The third-order valence-corrected chi connectivity index (χ3v) is 2.77. The third-order valence-electron chi connectivity index (χ3n) is 2.77. The van der Waals surface area contributed by atoms with E-state index in [0.29, 0.717) is 0 Å². The summed E-state index contributed by atoms with van der Waals surface area (Å²) in [5.74, 6) is -1.12. The van der Waals surface area contributed by atoms with Crippen LogP contribution in [0.5, 0.6) is 11.5 Å². The molecule has 1 aromatic heterocycles. The van der Waals surface area contributed by atoms with Crippen LogP contribution in [-0.2, 0) is 7.05 Å². The molecule has 1 heterocycles. The van der Waals surface area contributed by atoms with Crippen molar-refractivity contribution in [3.8, 4) is 11.5 Å². The quantitative estimate of drug-likeness (QED) is 0.437. The normalized spacial score (nSPS) is 10.8. The van der Waals surface area contributed by atoms with Crippen LogP contribution in [0.4, 0.5) is 0 Å². The Labute approximate surface area is 123 Å². The molecular formula is C13H12N4O5. The van der Waals surface area contributed by atoms with Crippen LogP contribution in [0.3, 0.4) is 0 Å². The number of H-pyrrole nitrogens is 1. The average Bonchev–Trinajstić information content (AvgIpc) is 2.46. The molecule has 9 heteroatoms. The van der Waals surface area contributed by atoms with Crippen LogP contribution in [-0.4, -0.2) is 31.9 Å². The number of phenols is 2. The number of aromatic nitrogens is 2. The van der Waals surface area contributed by atoms with E-state index in [0.717, 1.165) is 22.9 Å². The molecule has 22 heavy (non-hydrogen) atoms.